The van der Waals surface area contributed by atoms with Crippen molar-refractivity contribution < 1.29 is 32.2 Å². The van der Waals surface area contributed by atoms with Gasteiger partial charge in [0, 0.05) is 32.8 Å². The van der Waals surface area contributed by atoms with Crippen LogP contribution in [-0.2, 0) is 33.8 Å². The number of hydrogen-bond acceptors (Lipinski definition) is 8. The van der Waals surface area contributed by atoms with Crippen LogP contribution in [-0.4, -0.2) is 101 Å². The molecular weight excluding hydrogens is 548 g/mol. The number of amides is 2. The minimum Gasteiger partial charge on any atom is -0.379 e. The molecule has 3 aliphatic heterocycles. The summed E-state index contributed by atoms with van der Waals surface area (Å²) >= 11 is 0. The zero-order valence-corrected chi connectivity index (χ0v) is 25.2. The van der Waals surface area contributed by atoms with Crippen molar-refractivity contribution in [1.82, 2.24) is 15.5 Å². The monoisotopic (exact) mass is 596 g/mol. The topological polar surface area (TPSA) is 149 Å². The highest BCUT2D eigenvalue weighted by Crippen LogP contribution is 2.54. The number of nitrogens with two attached hydrogens (primary N) is 1. The zero-order chi connectivity index (χ0) is 28.9. The predicted octanol–water partition coefficient (Wildman–Crippen LogP) is 0.763. The Hall–Kier alpha value is -1.31. The number of carbonyl (C=O) groups excluding carboxylic acids is 2. The Bertz CT molecular complexity index is 1080. The Morgan fingerprint density at radius 3 is 2.49 bits per heavy atom. The Kier molecular flexibility index (Phi) is 8.70. The summed E-state index contributed by atoms with van der Waals surface area (Å²) in [5.74, 6) is 1.36. The second kappa shape index (κ2) is 12.0. The summed E-state index contributed by atoms with van der Waals surface area (Å²) in [4.78, 5) is 29.0. The van der Waals surface area contributed by atoms with Crippen LogP contribution in [0.1, 0.15) is 64.2 Å². The maximum atomic E-state index is 14.2. The number of piperidine rings is 2. The summed E-state index contributed by atoms with van der Waals surface area (Å²) in [5.41, 5.74) is 0. The summed E-state index contributed by atoms with van der Waals surface area (Å²) in [6.07, 6.45) is 7.96. The summed E-state index contributed by atoms with van der Waals surface area (Å²) in [5, 5.41) is 11.6. The molecule has 3 aliphatic carbocycles. The Labute approximate surface area is 244 Å². The number of nitrogens with zero attached hydrogens (tertiary/aromatic N) is 1. The van der Waals surface area contributed by atoms with Gasteiger partial charge in [-0.3, -0.25) is 9.59 Å². The molecule has 12 heteroatoms. The van der Waals surface area contributed by atoms with Crippen LogP contribution in [0, 0.1) is 29.6 Å². The number of rotatable bonds is 8. The smallest absolute Gasteiger partial charge is 0.246 e. The van der Waals surface area contributed by atoms with Crippen molar-refractivity contribution in [1.29, 1.82) is 0 Å². The number of carbonyl (C=O) groups is 2. The van der Waals surface area contributed by atoms with Crippen LogP contribution >= 0.6 is 0 Å². The van der Waals surface area contributed by atoms with Gasteiger partial charge in [0.1, 0.15) is 6.61 Å². The van der Waals surface area contributed by atoms with E-state index in [1.807, 2.05) is 0 Å². The van der Waals surface area contributed by atoms with Crippen molar-refractivity contribution in [3.8, 4) is 0 Å². The summed E-state index contributed by atoms with van der Waals surface area (Å²) in [6, 6.07) is 0.751. The molecule has 2 amide bonds. The molecule has 3 saturated heterocycles. The fraction of sp³-hybridized carbons (Fsp3) is 0.931. The number of fused-ring (bicyclic) bond motifs is 5. The van der Waals surface area contributed by atoms with Crippen molar-refractivity contribution in [2.75, 3.05) is 33.9 Å². The summed E-state index contributed by atoms with van der Waals surface area (Å²) < 4.78 is 41.0. The van der Waals surface area contributed by atoms with Gasteiger partial charge in [0.2, 0.25) is 21.8 Å². The van der Waals surface area contributed by atoms with Crippen molar-refractivity contribution in [3.63, 3.8) is 0 Å². The number of sulfonamides is 1. The van der Waals surface area contributed by atoms with Gasteiger partial charge in [-0.05, 0) is 94.4 Å². The average Bonchev–Trinajstić information content (AvgIpc) is 3.31. The first-order chi connectivity index (χ1) is 19.7. The molecular formula is C29H48N4O7S. The van der Waals surface area contributed by atoms with Crippen LogP contribution in [0.15, 0.2) is 0 Å². The van der Waals surface area contributed by atoms with Gasteiger partial charge in [-0.15, -0.1) is 0 Å². The highest BCUT2D eigenvalue weighted by molar-refractivity contribution is 7.89. The van der Waals surface area contributed by atoms with Crippen LogP contribution in [0.5, 0.6) is 0 Å². The van der Waals surface area contributed by atoms with E-state index < -0.39 is 15.3 Å². The zero-order valence-electron chi connectivity index (χ0n) is 24.4. The van der Waals surface area contributed by atoms with Crippen molar-refractivity contribution in [3.05, 3.63) is 0 Å². The molecule has 6 fully saturated rings. The van der Waals surface area contributed by atoms with Crippen molar-refractivity contribution in [2.24, 2.45) is 34.7 Å². The van der Waals surface area contributed by atoms with Crippen LogP contribution in [0.25, 0.3) is 0 Å². The lowest BCUT2D eigenvalue weighted by molar-refractivity contribution is -0.175. The van der Waals surface area contributed by atoms with Crippen LogP contribution in [0.3, 0.4) is 0 Å². The third-order valence-electron chi connectivity index (χ3n) is 11.5. The Morgan fingerprint density at radius 2 is 1.78 bits per heavy atom. The molecule has 0 aromatic rings. The highest BCUT2D eigenvalue weighted by Gasteiger charge is 2.64. The van der Waals surface area contributed by atoms with Gasteiger partial charge in [0.15, 0.2) is 0 Å². The lowest BCUT2D eigenvalue weighted by Gasteiger charge is -2.55. The molecule has 11 nitrogen and oxygen atoms in total. The van der Waals surface area contributed by atoms with Crippen LogP contribution in [0.4, 0.5) is 0 Å². The lowest BCUT2D eigenvalue weighted by atomic mass is 9.64. The number of primary sulfonamides is 1. The first-order valence-corrected chi connectivity index (χ1v) is 17.3. The van der Waals surface area contributed by atoms with Gasteiger partial charge in [0.05, 0.1) is 35.5 Å². The molecule has 0 spiro atoms. The first kappa shape index (κ1) is 29.7. The Morgan fingerprint density at radius 1 is 1.00 bits per heavy atom. The minimum atomic E-state index is -3.48. The van der Waals surface area contributed by atoms with Crippen molar-refractivity contribution in [2.45, 2.75) is 106 Å². The van der Waals surface area contributed by atoms with Gasteiger partial charge >= 0.3 is 0 Å². The average molecular weight is 597 g/mol. The molecule has 0 radical (unpaired) electrons. The number of methoxy groups -OCH3 is 2. The molecule has 3 heterocycles. The van der Waals surface area contributed by atoms with E-state index in [0.29, 0.717) is 37.3 Å². The number of ether oxygens (including phenoxy) is 3. The second-order valence-electron chi connectivity index (χ2n) is 13.4. The SMILES string of the molecule is COC1CCC2C3NCCC4C5CC(OCC(=O)NCC6CCC(S(N)(=O)=O)CC6)CCC5N(C(=O)C2C1OC)C43. The van der Waals surface area contributed by atoms with Gasteiger partial charge in [0.25, 0.3) is 0 Å². The van der Waals surface area contributed by atoms with E-state index in [4.69, 9.17) is 19.3 Å². The fourth-order valence-electron chi connectivity index (χ4n) is 9.66. The first-order valence-electron chi connectivity index (χ1n) is 15.7. The van der Waals surface area contributed by atoms with E-state index in [9.17, 15) is 18.0 Å². The van der Waals surface area contributed by atoms with Gasteiger partial charge in [-0.25, -0.2) is 13.6 Å². The van der Waals surface area contributed by atoms with Gasteiger partial charge in [-0.2, -0.15) is 0 Å². The standard InChI is InChI=1S/C29H48N4O7S/c1-38-23-10-8-20-25(28(23)39-2)29(35)33-22-9-5-17(13-21(22)19-11-12-31-26(20)27(19)33)40-15-24(34)32-14-16-3-6-18(7-4-16)41(30,36)37/h16-23,25-28,31H,3-15H2,1-2H3,(H,32,34)(H2,30,36,37). The normalized spacial score (nSPS) is 44.1. The van der Waals surface area contributed by atoms with E-state index in [-0.39, 0.29) is 66.6 Å². The van der Waals surface area contributed by atoms with Crippen LogP contribution < -0.4 is 15.8 Å². The third-order valence-corrected chi connectivity index (χ3v) is 12.9. The largest absolute Gasteiger partial charge is 0.379 e. The Balaban J connectivity index is 1.04. The van der Waals surface area contributed by atoms with E-state index in [0.717, 1.165) is 57.9 Å². The van der Waals surface area contributed by atoms with Gasteiger partial charge in [-0.1, -0.05) is 0 Å². The van der Waals surface area contributed by atoms with Gasteiger partial charge < -0.3 is 29.7 Å². The molecule has 0 aromatic heterocycles. The molecule has 6 aliphatic rings. The highest BCUT2D eigenvalue weighted by atomic mass is 32.2. The van der Waals surface area contributed by atoms with E-state index in [1.54, 1.807) is 14.2 Å². The maximum absolute atomic E-state index is 14.2. The van der Waals surface area contributed by atoms with E-state index >= 15 is 0 Å². The van der Waals surface area contributed by atoms with E-state index in [1.165, 1.54) is 0 Å². The maximum Gasteiger partial charge on any atom is 0.246 e. The molecule has 0 bridgehead atoms. The molecule has 232 valence electrons. The lowest BCUT2D eigenvalue weighted by Crippen LogP contribution is -2.70. The molecule has 3 saturated carbocycles. The number of hydrogen-bond donors (Lipinski definition) is 3. The quantitative estimate of drug-likeness (QED) is 0.372. The number of nitrogens with one attached hydrogen (secondary N) is 2. The minimum absolute atomic E-state index is 0.0175. The summed E-state index contributed by atoms with van der Waals surface area (Å²) in [7, 11) is -0.0516. The fourth-order valence-corrected chi connectivity index (χ4v) is 10.6. The molecule has 6 rings (SSSR count). The molecule has 4 N–H and O–H groups in total. The molecule has 10 unspecified atom stereocenters. The van der Waals surface area contributed by atoms with Crippen molar-refractivity contribution >= 4 is 21.8 Å². The summed E-state index contributed by atoms with van der Waals surface area (Å²) in [6.45, 7) is 1.55. The molecule has 0 aromatic carbocycles. The molecule has 10 atom stereocenters. The second-order valence-corrected chi connectivity index (χ2v) is 15.3. The van der Waals surface area contributed by atoms with Crippen LogP contribution in [0.2, 0.25) is 0 Å². The molecule has 41 heavy (non-hydrogen) atoms. The third kappa shape index (κ3) is 5.57. The predicted molar refractivity (Wildman–Crippen MR) is 151 cm³/mol. The van der Waals surface area contributed by atoms with E-state index in [2.05, 4.69) is 15.5 Å².